The maximum Gasteiger partial charge on any atom is 0.252 e. The lowest BCUT2D eigenvalue weighted by molar-refractivity contribution is 0.0943. The number of nitrogens with two attached hydrogens (primary N) is 1. The number of carbonyl (C=O) groups is 1. The Morgan fingerprint density at radius 1 is 1.29 bits per heavy atom. The van der Waals surface area contributed by atoms with Crippen molar-refractivity contribution in [1.82, 2.24) is 10.3 Å². The summed E-state index contributed by atoms with van der Waals surface area (Å²) >= 11 is 0. The van der Waals surface area contributed by atoms with Crippen molar-refractivity contribution in [2.75, 3.05) is 6.54 Å². The number of aromatic nitrogens is 1. The summed E-state index contributed by atoms with van der Waals surface area (Å²) in [6, 6.07) is 9.52. The second kappa shape index (κ2) is 6.22. The molecule has 0 saturated heterocycles. The van der Waals surface area contributed by atoms with Crippen molar-refractivity contribution < 1.29 is 4.79 Å². The molecule has 2 rings (SSSR count). The van der Waals surface area contributed by atoms with Crippen LogP contribution in [0.5, 0.6) is 0 Å². The SMILES string of the molecule is CCC(N)(CC)CNC(=O)c1cc(C)nc2ccccc12. The van der Waals surface area contributed by atoms with Gasteiger partial charge in [0.2, 0.25) is 0 Å². The van der Waals surface area contributed by atoms with Gasteiger partial charge >= 0.3 is 0 Å². The van der Waals surface area contributed by atoms with Crippen LogP contribution in [0.15, 0.2) is 30.3 Å². The van der Waals surface area contributed by atoms with Gasteiger partial charge in [0, 0.05) is 23.2 Å². The van der Waals surface area contributed by atoms with Gasteiger partial charge in [-0.25, -0.2) is 0 Å². The quantitative estimate of drug-likeness (QED) is 0.887. The molecule has 2 aromatic rings. The molecule has 21 heavy (non-hydrogen) atoms. The van der Waals surface area contributed by atoms with Gasteiger partial charge in [0.05, 0.1) is 11.1 Å². The first-order valence-electron chi connectivity index (χ1n) is 7.42. The third-order valence-electron chi connectivity index (χ3n) is 4.10. The average molecular weight is 285 g/mol. The van der Waals surface area contributed by atoms with Crippen LogP contribution in [0.25, 0.3) is 10.9 Å². The maximum atomic E-state index is 12.5. The Morgan fingerprint density at radius 2 is 1.95 bits per heavy atom. The minimum absolute atomic E-state index is 0.0894. The van der Waals surface area contributed by atoms with Crippen LogP contribution >= 0.6 is 0 Å². The molecule has 0 bridgehead atoms. The van der Waals surface area contributed by atoms with E-state index in [1.54, 1.807) is 0 Å². The zero-order valence-corrected chi connectivity index (χ0v) is 12.9. The molecule has 0 spiro atoms. The van der Waals surface area contributed by atoms with Gasteiger partial charge in [-0.05, 0) is 31.9 Å². The van der Waals surface area contributed by atoms with E-state index in [4.69, 9.17) is 5.73 Å². The molecule has 112 valence electrons. The number of amides is 1. The number of hydrogen-bond donors (Lipinski definition) is 2. The van der Waals surface area contributed by atoms with Crippen molar-refractivity contribution in [3.63, 3.8) is 0 Å². The molecule has 0 saturated carbocycles. The number of fused-ring (bicyclic) bond motifs is 1. The molecule has 4 nitrogen and oxygen atoms in total. The van der Waals surface area contributed by atoms with Crippen molar-refractivity contribution in [2.24, 2.45) is 5.73 Å². The smallest absolute Gasteiger partial charge is 0.252 e. The van der Waals surface area contributed by atoms with Gasteiger partial charge in [-0.2, -0.15) is 0 Å². The van der Waals surface area contributed by atoms with Gasteiger partial charge in [0.1, 0.15) is 0 Å². The van der Waals surface area contributed by atoms with E-state index in [1.165, 1.54) is 0 Å². The predicted molar refractivity (Wildman–Crippen MR) is 86.3 cm³/mol. The van der Waals surface area contributed by atoms with E-state index in [0.29, 0.717) is 12.1 Å². The Morgan fingerprint density at radius 3 is 2.62 bits per heavy atom. The zero-order chi connectivity index (χ0) is 15.5. The van der Waals surface area contributed by atoms with Crippen LogP contribution in [-0.4, -0.2) is 23.0 Å². The number of benzene rings is 1. The van der Waals surface area contributed by atoms with Crippen molar-refractivity contribution in [1.29, 1.82) is 0 Å². The van der Waals surface area contributed by atoms with Gasteiger partial charge in [-0.3, -0.25) is 9.78 Å². The second-order valence-electron chi connectivity index (χ2n) is 5.58. The van der Waals surface area contributed by atoms with Crippen molar-refractivity contribution in [3.8, 4) is 0 Å². The molecule has 1 heterocycles. The molecule has 1 aromatic carbocycles. The molecule has 4 heteroatoms. The summed E-state index contributed by atoms with van der Waals surface area (Å²) in [5, 5.41) is 3.84. The van der Waals surface area contributed by atoms with Crippen LogP contribution in [0.3, 0.4) is 0 Å². The Kier molecular flexibility index (Phi) is 4.58. The number of aryl methyl sites for hydroxylation is 1. The van der Waals surface area contributed by atoms with Gasteiger partial charge in [-0.1, -0.05) is 32.0 Å². The van der Waals surface area contributed by atoms with Crippen LogP contribution < -0.4 is 11.1 Å². The fraction of sp³-hybridized carbons (Fsp3) is 0.412. The molecule has 0 aliphatic heterocycles. The first kappa shape index (κ1) is 15.4. The highest BCUT2D eigenvalue weighted by Crippen LogP contribution is 2.18. The largest absolute Gasteiger partial charge is 0.350 e. The Hall–Kier alpha value is -1.94. The minimum atomic E-state index is -0.340. The third kappa shape index (κ3) is 3.39. The average Bonchev–Trinajstić information content (AvgIpc) is 2.51. The molecule has 0 unspecified atom stereocenters. The molecule has 0 aliphatic rings. The summed E-state index contributed by atoms with van der Waals surface area (Å²) in [7, 11) is 0. The topological polar surface area (TPSA) is 68.0 Å². The highest BCUT2D eigenvalue weighted by atomic mass is 16.1. The molecule has 0 atom stereocenters. The van der Waals surface area contributed by atoms with E-state index < -0.39 is 0 Å². The molecule has 3 N–H and O–H groups in total. The summed E-state index contributed by atoms with van der Waals surface area (Å²) in [5.74, 6) is -0.0894. The highest BCUT2D eigenvalue weighted by molar-refractivity contribution is 6.06. The number of nitrogens with zero attached hydrogens (tertiary/aromatic N) is 1. The summed E-state index contributed by atoms with van der Waals surface area (Å²) < 4.78 is 0. The summed E-state index contributed by atoms with van der Waals surface area (Å²) in [5.41, 5.74) is 8.24. The van der Waals surface area contributed by atoms with Gasteiger partial charge in [-0.15, -0.1) is 0 Å². The second-order valence-corrected chi connectivity index (χ2v) is 5.58. The molecule has 1 amide bonds. The number of nitrogens with one attached hydrogen (secondary N) is 1. The fourth-order valence-corrected chi connectivity index (χ4v) is 2.35. The maximum absolute atomic E-state index is 12.5. The lowest BCUT2D eigenvalue weighted by atomic mass is 9.94. The number of rotatable bonds is 5. The first-order valence-corrected chi connectivity index (χ1v) is 7.42. The standard InChI is InChI=1S/C17H23N3O/c1-4-17(18,5-2)11-19-16(21)14-10-12(3)20-15-9-7-6-8-13(14)15/h6-10H,4-5,11,18H2,1-3H3,(H,19,21). The van der Waals surface area contributed by atoms with Crippen LogP contribution in [0.1, 0.15) is 42.7 Å². The highest BCUT2D eigenvalue weighted by Gasteiger charge is 2.22. The zero-order valence-electron chi connectivity index (χ0n) is 12.9. The van der Waals surface area contributed by atoms with E-state index in [2.05, 4.69) is 10.3 Å². The predicted octanol–water partition coefficient (Wildman–Crippen LogP) is 2.79. The fourth-order valence-electron chi connectivity index (χ4n) is 2.35. The molecule has 0 radical (unpaired) electrons. The summed E-state index contributed by atoms with van der Waals surface area (Å²) in [6.45, 7) is 6.46. The number of hydrogen-bond acceptors (Lipinski definition) is 3. The van der Waals surface area contributed by atoms with E-state index in [1.807, 2.05) is 51.1 Å². The molecule has 0 aliphatic carbocycles. The number of carbonyl (C=O) groups excluding carboxylic acids is 1. The van der Waals surface area contributed by atoms with E-state index in [0.717, 1.165) is 29.4 Å². The van der Waals surface area contributed by atoms with Crippen LogP contribution in [0.4, 0.5) is 0 Å². The van der Waals surface area contributed by atoms with Gasteiger partial charge in [0.15, 0.2) is 0 Å². The van der Waals surface area contributed by atoms with E-state index in [9.17, 15) is 4.79 Å². The lowest BCUT2D eigenvalue weighted by Crippen LogP contribution is -2.49. The minimum Gasteiger partial charge on any atom is -0.350 e. The van der Waals surface area contributed by atoms with Crippen molar-refractivity contribution >= 4 is 16.8 Å². The molecule has 1 aromatic heterocycles. The number of pyridine rings is 1. The Labute approximate surface area is 125 Å². The van der Waals surface area contributed by atoms with E-state index in [-0.39, 0.29) is 11.4 Å². The van der Waals surface area contributed by atoms with Crippen molar-refractivity contribution in [2.45, 2.75) is 39.2 Å². The van der Waals surface area contributed by atoms with Crippen LogP contribution in [0.2, 0.25) is 0 Å². The third-order valence-corrected chi connectivity index (χ3v) is 4.10. The number of para-hydroxylation sites is 1. The molecular weight excluding hydrogens is 262 g/mol. The summed E-state index contributed by atoms with van der Waals surface area (Å²) in [4.78, 5) is 17.0. The monoisotopic (exact) mass is 285 g/mol. The van der Waals surface area contributed by atoms with Crippen LogP contribution in [0, 0.1) is 6.92 Å². The normalized spacial score (nSPS) is 11.6. The van der Waals surface area contributed by atoms with Crippen molar-refractivity contribution in [3.05, 3.63) is 41.6 Å². The molecule has 0 fully saturated rings. The Bertz CT molecular complexity index is 648. The summed E-state index contributed by atoms with van der Waals surface area (Å²) in [6.07, 6.45) is 1.67. The Balaban J connectivity index is 2.27. The van der Waals surface area contributed by atoms with Gasteiger partial charge < -0.3 is 11.1 Å². The lowest BCUT2D eigenvalue weighted by Gasteiger charge is -2.26. The van der Waals surface area contributed by atoms with Gasteiger partial charge in [0.25, 0.3) is 5.91 Å². The van der Waals surface area contributed by atoms with E-state index >= 15 is 0 Å². The first-order chi connectivity index (χ1) is 9.99. The molecular formula is C17H23N3O. The van der Waals surface area contributed by atoms with Crippen LogP contribution in [-0.2, 0) is 0 Å².